The molecule has 0 aliphatic heterocycles. The molecule has 2 aromatic rings. The van der Waals surface area contributed by atoms with Gasteiger partial charge in [0, 0.05) is 5.69 Å². The highest BCUT2D eigenvalue weighted by molar-refractivity contribution is 7.80. The first-order valence-electron chi connectivity index (χ1n) is 7.71. The van der Waals surface area contributed by atoms with Crippen molar-refractivity contribution < 1.29 is 0 Å². The lowest BCUT2D eigenvalue weighted by Crippen LogP contribution is -2.32. The summed E-state index contributed by atoms with van der Waals surface area (Å²) in [4.78, 5) is 0. The van der Waals surface area contributed by atoms with Crippen molar-refractivity contribution in [2.24, 2.45) is 0 Å². The molecule has 1 unspecified atom stereocenters. The van der Waals surface area contributed by atoms with Crippen LogP contribution in [0.15, 0.2) is 42.5 Å². The molecular formula is C19H24N2S. The predicted octanol–water partition coefficient (Wildman–Crippen LogP) is 5.05. The summed E-state index contributed by atoms with van der Waals surface area (Å²) in [6.45, 7) is 8.50. The molecule has 0 aliphatic carbocycles. The van der Waals surface area contributed by atoms with Crippen LogP contribution in [0.25, 0.3) is 0 Å². The molecule has 2 N–H and O–H groups in total. The zero-order valence-corrected chi connectivity index (χ0v) is 14.6. The van der Waals surface area contributed by atoms with Crippen molar-refractivity contribution in [2.45, 2.75) is 40.2 Å². The molecule has 0 saturated carbocycles. The number of anilines is 1. The average Bonchev–Trinajstić information content (AvgIpc) is 2.44. The van der Waals surface area contributed by atoms with Gasteiger partial charge in [0.1, 0.15) is 0 Å². The molecule has 1 atom stereocenters. The summed E-state index contributed by atoms with van der Waals surface area (Å²) in [5, 5.41) is 7.40. The Kier molecular flexibility index (Phi) is 5.56. The summed E-state index contributed by atoms with van der Waals surface area (Å²) in [7, 11) is 0. The van der Waals surface area contributed by atoms with E-state index in [-0.39, 0.29) is 6.04 Å². The molecule has 2 rings (SSSR count). The SMILES string of the molecule is CCC(NC(=S)Nc1cc(C)cc(C)c1)c1ccccc1C. The van der Waals surface area contributed by atoms with Crippen LogP contribution < -0.4 is 10.6 Å². The average molecular weight is 312 g/mol. The predicted molar refractivity (Wildman–Crippen MR) is 99.5 cm³/mol. The Balaban J connectivity index is 2.08. The van der Waals surface area contributed by atoms with E-state index in [4.69, 9.17) is 12.2 Å². The van der Waals surface area contributed by atoms with Crippen molar-refractivity contribution in [1.29, 1.82) is 0 Å². The monoisotopic (exact) mass is 312 g/mol. The lowest BCUT2D eigenvalue weighted by molar-refractivity contribution is 0.625. The Labute approximate surface area is 139 Å². The second kappa shape index (κ2) is 7.41. The number of hydrogen-bond acceptors (Lipinski definition) is 1. The van der Waals surface area contributed by atoms with E-state index in [0.717, 1.165) is 12.1 Å². The van der Waals surface area contributed by atoms with E-state index in [1.54, 1.807) is 0 Å². The molecule has 0 fully saturated rings. The van der Waals surface area contributed by atoms with Gasteiger partial charge in [0.2, 0.25) is 0 Å². The van der Waals surface area contributed by atoms with Crippen molar-refractivity contribution >= 4 is 23.0 Å². The van der Waals surface area contributed by atoms with Crippen molar-refractivity contribution in [3.05, 3.63) is 64.7 Å². The molecule has 0 heterocycles. The molecule has 0 spiro atoms. The fraction of sp³-hybridized carbons (Fsp3) is 0.316. The molecule has 0 saturated heterocycles. The second-order valence-corrected chi connectivity index (χ2v) is 6.20. The number of hydrogen-bond donors (Lipinski definition) is 2. The molecule has 116 valence electrons. The number of thiocarbonyl (C=S) groups is 1. The van der Waals surface area contributed by atoms with E-state index in [1.165, 1.54) is 22.3 Å². The summed E-state index contributed by atoms with van der Waals surface area (Å²) in [6.07, 6.45) is 0.986. The molecule has 0 bridgehead atoms. The van der Waals surface area contributed by atoms with Crippen molar-refractivity contribution in [3.63, 3.8) is 0 Å². The van der Waals surface area contributed by atoms with Crippen LogP contribution in [-0.2, 0) is 0 Å². The first kappa shape index (κ1) is 16.5. The molecule has 2 aromatic carbocycles. The third-order valence-electron chi connectivity index (χ3n) is 3.76. The van der Waals surface area contributed by atoms with Crippen molar-refractivity contribution in [3.8, 4) is 0 Å². The maximum atomic E-state index is 5.49. The molecular weight excluding hydrogens is 288 g/mol. The molecule has 2 nitrogen and oxygen atoms in total. The minimum absolute atomic E-state index is 0.229. The highest BCUT2D eigenvalue weighted by Crippen LogP contribution is 2.21. The number of benzene rings is 2. The number of nitrogens with one attached hydrogen (secondary N) is 2. The van der Waals surface area contributed by atoms with Gasteiger partial charge in [-0.25, -0.2) is 0 Å². The Hall–Kier alpha value is -1.87. The molecule has 22 heavy (non-hydrogen) atoms. The van der Waals surface area contributed by atoms with E-state index in [9.17, 15) is 0 Å². The Morgan fingerprint density at radius 1 is 1.05 bits per heavy atom. The van der Waals surface area contributed by atoms with E-state index in [1.807, 2.05) is 0 Å². The summed E-state index contributed by atoms with van der Waals surface area (Å²) < 4.78 is 0. The van der Waals surface area contributed by atoms with Gasteiger partial charge in [0.25, 0.3) is 0 Å². The maximum Gasteiger partial charge on any atom is 0.171 e. The third kappa shape index (κ3) is 4.31. The highest BCUT2D eigenvalue weighted by Gasteiger charge is 2.12. The second-order valence-electron chi connectivity index (χ2n) is 5.79. The lowest BCUT2D eigenvalue weighted by Gasteiger charge is -2.22. The fourth-order valence-corrected chi connectivity index (χ4v) is 3.01. The van der Waals surface area contributed by atoms with Crippen LogP contribution in [-0.4, -0.2) is 5.11 Å². The third-order valence-corrected chi connectivity index (χ3v) is 3.98. The van der Waals surface area contributed by atoms with Gasteiger partial charge in [-0.05, 0) is 73.8 Å². The van der Waals surface area contributed by atoms with E-state index < -0.39 is 0 Å². The number of rotatable bonds is 4. The summed E-state index contributed by atoms with van der Waals surface area (Å²) in [5.41, 5.74) is 6.09. The van der Waals surface area contributed by atoms with Crippen LogP contribution in [0.4, 0.5) is 5.69 Å². The van der Waals surface area contributed by atoms with Crippen LogP contribution >= 0.6 is 12.2 Å². The van der Waals surface area contributed by atoms with Gasteiger partial charge >= 0.3 is 0 Å². The zero-order chi connectivity index (χ0) is 16.1. The minimum atomic E-state index is 0.229. The van der Waals surface area contributed by atoms with Crippen LogP contribution in [0.2, 0.25) is 0 Å². The fourth-order valence-electron chi connectivity index (χ4n) is 2.75. The van der Waals surface area contributed by atoms with Crippen LogP contribution in [0.3, 0.4) is 0 Å². The Morgan fingerprint density at radius 2 is 1.68 bits per heavy atom. The molecule has 0 aromatic heterocycles. The molecule has 0 radical (unpaired) electrons. The van der Waals surface area contributed by atoms with Crippen LogP contribution in [0, 0.1) is 20.8 Å². The van der Waals surface area contributed by atoms with Crippen LogP contribution in [0.5, 0.6) is 0 Å². The zero-order valence-electron chi connectivity index (χ0n) is 13.7. The molecule has 0 aliphatic rings. The number of aryl methyl sites for hydroxylation is 3. The van der Waals surface area contributed by atoms with Gasteiger partial charge in [-0.2, -0.15) is 0 Å². The Bertz CT molecular complexity index is 644. The largest absolute Gasteiger partial charge is 0.356 e. The topological polar surface area (TPSA) is 24.1 Å². The van der Waals surface area contributed by atoms with Gasteiger partial charge < -0.3 is 10.6 Å². The van der Waals surface area contributed by atoms with E-state index in [2.05, 4.69) is 80.8 Å². The molecule has 3 heteroatoms. The van der Waals surface area contributed by atoms with Gasteiger partial charge in [-0.3, -0.25) is 0 Å². The summed E-state index contributed by atoms with van der Waals surface area (Å²) >= 11 is 5.49. The van der Waals surface area contributed by atoms with Gasteiger partial charge in [0.05, 0.1) is 6.04 Å². The first-order chi connectivity index (χ1) is 10.5. The van der Waals surface area contributed by atoms with Crippen molar-refractivity contribution in [1.82, 2.24) is 5.32 Å². The van der Waals surface area contributed by atoms with Gasteiger partial charge in [-0.1, -0.05) is 37.3 Å². The normalized spacial score (nSPS) is 11.8. The van der Waals surface area contributed by atoms with E-state index in [0.29, 0.717) is 5.11 Å². The smallest absolute Gasteiger partial charge is 0.171 e. The maximum absolute atomic E-state index is 5.49. The standard InChI is InChI=1S/C19H24N2S/c1-5-18(17-9-7-6-8-15(17)4)21-19(22)20-16-11-13(2)10-14(3)12-16/h6-12,18H,5H2,1-4H3,(H2,20,21,22). The van der Waals surface area contributed by atoms with Gasteiger partial charge in [-0.15, -0.1) is 0 Å². The Morgan fingerprint density at radius 3 is 2.27 bits per heavy atom. The van der Waals surface area contributed by atoms with Crippen molar-refractivity contribution in [2.75, 3.05) is 5.32 Å². The summed E-state index contributed by atoms with van der Waals surface area (Å²) in [6, 6.07) is 15.0. The molecule has 0 amide bonds. The summed E-state index contributed by atoms with van der Waals surface area (Å²) in [5.74, 6) is 0. The van der Waals surface area contributed by atoms with Crippen LogP contribution in [0.1, 0.15) is 41.6 Å². The lowest BCUT2D eigenvalue weighted by atomic mass is 10.00. The highest BCUT2D eigenvalue weighted by atomic mass is 32.1. The van der Waals surface area contributed by atoms with Gasteiger partial charge in [0.15, 0.2) is 5.11 Å². The minimum Gasteiger partial charge on any atom is -0.356 e. The quantitative estimate of drug-likeness (QED) is 0.773. The first-order valence-corrected chi connectivity index (χ1v) is 8.11. The van der Waals surface area contributed by atoms with E-state index >= 15 is 0 Å².